The molecule has 3 aromatic heterocycles. The number of nitrogens with zero attached hydrogens (tertiary/aromatic N) is 7. The van der Waals surface area contributed by atoms with E-state index in [1.165, 1.54) is 4.80 Å². The summed E-state index contributed by atoms with van der Waals surface area (Å²) in [6, 6.07) is 4.91. The second-order valence-electron chi connectivity index (χ2n) is 5.72. The lowest BCUT2D eigenvalue weighted by Crippen LogP contribution is -2.11. The summed E-state index contributed by atoms with van der Waals surface area (Å²) in [5.74, 6) is 0.710. The van der Waals surface area contributed by atoms with Crippen LogP contribution in [-0.2, 0) is 13.6 Å². The smallest absolute Gasteiger partial charge is 0.248 e. The van der Waals surface area contributed by atoms with E-state index in [9.17, 15) is 4.79 Å². The fraction of sp³-hybridized carbons (Fsp3) is 0.200. The molecule has 4 aromatic rings. The van der Waals surface area contributed by atoms with Crippen molar-refractivity contribution in [2.45, 2.75) is 13.5 Å². The molecule has 5 N–H and O–H groups in total. The first kappa shape index (κ1) is 15.7. The number of aryl methyl sites for hydroxylation is 2. The first-order valence-corrected chi connectivity index (χ1v) is 7.87. The second kappa shape index (κ2) is 5.65. The number of fused-ring (bicyclic) bond motifs is 1. The molecular formula is C15H16N10O. The highest BCUT2D eigenvalue weighted by Gasteiger charge is 2.18. The van der Waals surface area contributed by atoms with E-state index in [0.29, 0.717) is 51.9 Å². The minimum Gasteiger partial charge on any atom is -0.382 e. The molecule has 4 rings (SSSR count). The van der Waals surface area contributed by atoms with Crippen LogP contribution in [0.2, 0.25) is 0 Å². The molecule has 0 unspecified atom stereocenters. The van der Waals surface area contributed by atoms with Gasteiger partial charge < -0.3 is 11.5 Å². The number of benzene rings is 1. The van der Waals surface area contributed by atoms with Crippen molar-refractivity contribution in [3.05, 3.63) is 23.8 Å². The normalized spacial score (nSPS) is 11.3. The number of H-pyrrole nitrogens is 1. The van der Waals surface area contributed by atoms with Crippen LogP contribution in [0, 0.1) is 0 Å². The van der Waals surface area contributed by atoms with Crippen LogP contribution in [0.4, 0.5) is 5.82 Å². The Hall–Kier alpha value is -3.76. The Bertz CT molecular complexity index is 1130. The van der Waals surface area contributed by atoms with E-state index < -0.39 is 5.91 Å². The molecule has 0 radical (unpaired) electrons. The third-order valence-corrected chi connectivity index (χ3v) is 3.94. The standard InChI is InChI=1S/C15H16N10O/c1-3-25-10(6-11(16)22-25)15-18-14(19-20-15)8-4-7(13(17)26)5-9-12(8)23-24(2)21-9/h4-6H,3H2,1-2H3,(H2,16,22)(H2,17,26)(H,18,19,20). The maximum absolute atomic E-state index is 11.6. The SMILES string of the molecule is CCn1nc(N)cc1-c1nc(-c2cc(C(N)=O)cc3nn(C)nc23)n[nH]1. The molecule has 0 aliphatic carbocycles. The lowest BCUT2D eigenvalue weighted by molar-refractivity contribution is 0.100. The summed E-state index contributed by atoms with van der Waals surface area (Å²) in [4.78, 5) is 17.6. The second-order valence-corrected chi connectivity index (χ2v) is 5.72. The molecule has 0 saturated heterocycles. The van der Waals surface area contributed by atoms with Gasteiger partial charge in [0.2, 0.25) is 5.91 Å². The minimum absolute atomic E-state index is 0.308. The predicted molar refractivity (Wildman–Crippen MR) is 93.7 cm³/mol. The maximum Gasteiger partial charge on any atom is 0.248 e. The number of carbonyl (C=O) groups is 1. The van der Waals surface area contributed by atoms with Gasteiger partial charge in [-0.25, -0.2) is 4.98 Å². The van der Waals surface area contributed by atoms with Crippen molar-refractivity contribution in [2.24, 2.45) is 12.8 Å². The number of hydrogen-bond donors (Lipinski definition) is 3. The highest BCUT2D eigenvalue weighted by molar-refractivity contribution is 6.00. The van der Waals surface area contributed by atoms with Crippen molar-refractivity contribution < 1.29 is 4.79 Å². The van der Waals surface area contributed by atoms with Gasteiger partial charge in [0.1, 0.15) is 22.5 Å². The summed E-state index contributed by atoms with van der Waals surface area (Å²) in [5.41, 5.74) is 13.9. The zero-order valence-electron chi connectivity index (χ0n) is 14.1. The highest BCUT2D eigenvalue weighted by atomic mass is 16.1. The van der Waals surface area contributed by atoms with Gasteiger partial charge in [-0.1, -0.05) is 0 Å². The van der Waals surface area contributed by atoms with Gasteiger partial charge >= 0.3 is 0 Å². The average molecular weight is 352 g/mol. The van der Waals surface area contributed by atoms with E-state index in [-0.39, 0.29) is 0 Å². The molecule has 0 atom stereocenters. The third-order valence-electron chi connectivity index (χ3n) is 3.94. The van der Waals surface area contributed by atoms with Crippen molar-refractivity contribution in [3.63, 3.8) is 0 Å². The Morgan fingerprint density at radius 3 is 2.77 bits per heavy atom. The van der Waals surface area contributed by atoms with E-state index in [1.54, 1.807) is 29.9 Å². The first-order chi connectivity index (χ1) is 12.5. The third kappa shape index (κ3) is 2.46. The van der Waals surface area contributed by atoms with Crippen LogP contribution in [0.1, 0.15) is 17.3 Å². The number of aromatic amines is 1. The van der Waals surface area contributed by atoms with E-state index in [2.05, 4.69) is 30.5 Å². The number of aromatic nitrogens is 8. The number of nitrogens with one attached hydrogen (secondary N) is 1. The van der Waals surface area contributed by atoms with Gasteiger partial charge in [-0.2, -0.15) is 25.2 Å². The van der Waals surface area contributed by atoms with Gasteiger partial charge in [-0.05, 0) is 19.1 Å². The highest BCUT2D eigenvalue weighted by Crippen LogP contribution is 2.27. The number of primary amides is 1. The predicted octanol–water partition coefficient (Wildman–Crippen LogP) is 0.318. The van der Waals surface area contributed by atoms with Crippen LogP contribution >= 0.6 is 0 Å². The molecule has 0 aliphatic rings. The van der Waals surface area contributed by atoms with Crippen molar-refractivity contribution >= 4 is 22.8 Å². The summed E-state index contributed by atoms with van der Waals surface area (Å²) in [6.07, 6.45) is 0. The van der Waals surface area contributed by atoms with Gasteiger partial charge in [0.25, 0.3) is 0 Å². The average Bonchev–Trinajstić information content (AvgIpc) is 3.30. The molecule has 0 saturated carbocycles. The monoisotopic (exact) mass is 352 g/mol. The molecule has 26 heavy (non-hydrogen) atoms. The van der Waals surface area contributed by atoms with Gasteiger partial charge in [0.05, 0.1) is 5.56 Å². The van der Waals surface area contributed by atoms with Crippen LogP contribution in [0.25, 0.3) is 33.9 Å². The molecule has 132 valence electrons. The minimum atomic E-state index is -0.564. The quantitative estimate of drug-likeness (QED) is 0.476. The number of carbonyl (C=O) groups excluding carboxylic acids is 1. The molecule has 3 heterocycles. The van der Waals surface area contributed by atoms with Crippen LogP contribution in [0.3, 0.4) is 0 Å². The van der Waals surface area contributed by atoms with Crippen molar-refractivity contribution in [1.29, 1.82) is 0 Å². The molecule has 11 nitrogen and oxygen atoms in total. The van der Waals surface area contributed by atoms with Crippen molar-refractivity contribution in [2.75, 3.05) is 5.73 Å². The largest absolute Gasteiger partial charge is 0.382 e. The Labute approximate surface area is 147 Å². The Balaban J connectivity index is 1.88. The summed E-state index contributed by atoms with van der Waals surface area (Å²) in [5, 5.41) is 19.9. The fourth-order valence-electron chi connectivity index (χ4n) is 2.80. The Morgan fingerprint density at radius 1 is 1.23 bits per heavy atom. The molecule has 0 aliphatic heterocycles. The van der Waals surface area contributed by atoms with Gasteiger partial charge in [-0.3, -0.25) is 14.6 Å². The van der Waals surface area contributed by atoms with Gasteiger partial charge in [0, 0.05) is 25.2 Å². The van der Waals surface area contributed by atoms with Gasteiger partial charge in [-0.15, -0.1) is 0 Å². The maximum atomic E-state index is 11.6. The number of rotatable bonds is 4. The van der Waals surface area contributed by atoms with Gasteiger partial charge in [0.15, 0.2) is 11.6 Å². The molecule has 0 bridgehead atoms. The topological polar surface area (TPSA) is 159 Å². The van der Waals surface area contributed by atoms with Crippen LogP contribution in [0.15, 0.2) is 18.2 Å². The molecule has 0 fully saturated rings. The summed E-state index contributed by atoms with van der Waals surface area (Å²) in [6.45, 7) is 2.58. The molecule has 1 aromatic carbocycles. The van der Waals surface area contributed by atoms with Crippen LogP contribution < -0.4 is 11.5 Å². The number of nitrogens with two attached hydrogens (primary N) is 2. The van der Waals surface area contributed by atoms with E-state index in [1.807, 2.05) is 6.92 Å². The lowest BCUT2D eigenvalue weighted by Gasteiger charge is -2.01. The molecule has 11 heteroatoms. The summed E-state index contributed by atoms with van der Waals surface area (Å²) >= 11 is 0. The number of amides is 1. The van der Waals surface area contributed by atoms with E-state index in [0.717, 1.165) is 0 Å². The van der Waals surface area contributed by atoms with Crippen LogP contribution in [-0.4, -0.2) is 45.9 Å². The Morgan fingerprint density at radius 2 is 2.04 bits per heavy atom. The first-order valence-electron chi connectivity index (χ1n) is 7.87. The zero-order valence-corrected chi connectivity index (χ0v) is 14.1. The fourth-order valence-corrected chi connectivity index (χ4v) is 2.80. The van der Waals surface area contributed by atoms with Crippen molar-refractivity contribution in [3.8, 4) is 22.9 Å². The number of anilines is 1. The molecule has 0 spiro atoms. The number of nitrogen functional groups attached to an aromatic ring is 1. The number of hydrogen-bond acceptors (Lipinski definition) is 7. The van der Waals surface area contributed by atoms with Crippen LogP contribution in [0.5, 0.6) is 0 Å². The van der Waals surface area contributed by atoms with Crippen molar-refractivity contribution in [1.82, 2.24) is 40.0 Å². The molecule has 1 amide bonds. The zero-order chi connectivity index (χ0) is 18.4. The lowest BCUT2D eigenvalue weighted by atomic mass is 10.1. The van der Waals surface area contributed by atoms with E-state index >= 15 is 0 Å². The summed E-state index contributed by atoms with van der Waals surface area (Å²) in [7, 11) is 1.69. The molecular weight excluding hydrogens is 336 g/mol. The Kier molecular flexibility index (Phi) is 3.42. The van der Waals surface area contributed by atoms with E-state index in [4.69, 9.17) is 11.5 Å². The summed E-state index contributed by atoms with van der Waals surface area (Å²) < 4.78 is 1.72.